The third-order valence-corrected chi connectivity index (χ3v) is 4.38. The molecule has 0 spiro atoms. The van der Waals surface area contributed by atoms with E-state index in [0.717, 1.165) is 44.1 Å². The molecule has 0 aliphatic carbocycles. The minimum absolute atomic E-state index is 0.338. The van der Waals surface area contributed by atoms with Crippen LogP contribution in [0.15, 0.2) is 23.3 Å². The van der Waals surface area contributed by atoms with Crippen LogP contribution in [0.4, 0.5) is 8.78 Å². The van der Waals surface area contributed by atoms with E-state index in [2.05, 4.69) is 15.3 Å². The Hall–Kier alpha value is -2.08. The second-order valence-electron chi connectivity index (χ2n) is 5.96. The fourth-order valence-electron chi connectivity index (χ4n) is 3.02. The molecule has 1 fully saturated rings. The van der Waals surface area contributed by atoms with Gasteiger partial charge in [0.2, 0.25) is 0 Å². The molecule has 3 N–H and O–H groups in total. The third kappa shape index (κ3) is 3.47. The van der Waals surface area contributed by atoms with Gasteiger partial charge in [-0.05, 0) is 43.5 Å². The molecule has 1 aliphatic heterocycles. The smallest absolute Gasteiger partial charge is 0.160 e. The van der Waals surface area contributed by atoms with Crippen molar-refractivity contribution < 1.29 is 8.78 Å². The van der Waals surface area contributed by atoms with Crippen molar-refractivity contribution in [3.8, 4) is 0 Å². The molecule has 2 aromatic rings. The first-order valence-corrected chi connectivity index (χ1v) is 7.86. The lowest BCUT2D eigenvalue weighted by Crippen LogP contribution is -2.29. The summed E-state index contributed by atoms with van der Waals surface area (Å²) in [6.07, 6.45) is 6.93. The van der Waals surface area contributed by atoms with Gasteiger partial charge in [-0.15, -0.1) is 0 Å². The molecule has 2 heterocycles. The maximum absolute atomic E-state index is 13.5. The molecule has 4 nitrogen and oxygen atoms in total. The van der Waals surface area contributed by atoms with Gasteiger partial charge in [0.25, 0.3) is 0 Å². The SMILES string of the molecule is N=CC(C=NCC1CCNCC1)c1c[nH]c2cc(F)c(F)cc12. The second kappa shape index (κ2) is 7.00. The maximum Gasteiger partial charge on any atom is 0.160 e. The number of benzene rings is 1. The van der Waals surface area contributed by atoms with E-state index >= 15 is 0 Å². The van der Waals surface area contributed by atoms with Crippen molar-refractivity contribution >= 4 is 23.3 Å². The Bertz CT molecular complexity index is 717. The van der Waals surface area contributed by atoms with Crippen LogP contribution in [0.3, 0.4) is 0 Å². The molecule has 6 heteroatoms. The summed E-state index contributed by atoms with van der Waals surface area (Å²) < 4.78 is 26.8. The van der Waals surface area contributed by atoms with Crippen LogP contribution in [-0.4, -0.2) is 37.0 Å². The van der Waals surface area contributed by atoms with E-state index in [1.165, 1.54) is 12.3 Å². The van der Waals surface area contributed by atoms with Crippen molar-refractivity contribution in [2.24, 2.45) is 10.9 Å². The number of aromatic nitrogens is 1. The van der Waals surface area contributed by atoms with Gasteiger partial charge in [0, 0.05) is 42.1 Å². The van der Waals surface area contributed by atoms with Gasteiger partial charge in [-0.2, -0.15) is 0 Å². The number of aromatic amines is 1. The predicted octanol–water partition coefficient (Wildman–Crippen LogP) is 3.25. The molecule has 0 amide bonds. The predicted molar refractivity (Wildman–Crippen MR) is 88.7 cm³/mol. The molecule has 1 aromatic heterocycles. The molecule has 1 atom stereocenters. The summed E-state index contributed by atoms with van der Waals surface area (Å²) in [5.74, 6) is -1.52. The lowest BCUT2D eigenvalue weighted by atomic mass is 9.98. The van der Waals surface area contributed by atoms with Crippen LogP contribution in [0.25, 0.3) is 10.9 Å². The quantitative estimate of drug-likeness (QED) is 0.728. The molecule has 0 bridgehead atoms. The number of fused-ring (bicyclic) bond motifs is 1. The normalized spacial score (nSPS) is 17.8. The summed E-state index contributed by atoms with van der Waals surface area (Å²) in [6, 6.07) is 2.31. The average molecular weight is 318 g/mol. The monoisotopic (exact) mass is 318 g/mol. The first-order valence-electron chi connectivity index (χ1n) is 7.86. The lowest BCUT2D eigenvalue weighted by Gasteiger charge is -2.20. The summed E-state index contributed by atoms with van der Waals surface area (Å²) in [5, 5.41) is 11.5. The van der Waals surface area contributed by atoms with Crippen molar-refractivity contribution in [2.45, 2.75) is 18.8 Å². The molecular weight excluding hydrogens is 298 g/mol. The number of halogens is 2. The maximum atomic E-state index is 13.5. The second-order valence-corrected chi connectivity index (χ2v) is 5.96. The minimum Gasteiger partial charge on any atom is -0.361 e. The molecular formula is C17H20F2N4. The molecule has 3 rings (SSSR count). The molecule has 1 unspecified atom stereocenters. The van der Waals surface area contributed by atoms with Crippen LogP contribution in [-0.2, 0) is 0 Å². The summed E-state index contributed by atoms with van der Waals surface area (Å²) in [6.45, 7) is 2.81. The number of nitrogens with one attached hydrogen (secondary N) is 3. The number of rotatable bonds is 5. The van der Waals surface area contributed by atoms with Crippen LogP contribution in [0.5, 0.6) is 0 Å². The van der Waals surface area contributed by atoms with Crippen LogP contribution < -0.4 is 5.32 Å². The third-order valence-electron chi connectivity index (χ3n) is 4.38. The van der Waals surface area contributed by atoms with Gasteiger partial charge in [-0.25, -0.2) is 8.78 Å². The zero-order valence-corrected chi connectivity index (χ0v) is 12.8. The first-order chi connectivity index (χ1) is 11.2. The molecule has 0 radical (unpaired) electrons. The number of aliphatic imine (C=N–C) groups is 1. The largest absolute Gasteiger partial charge is 0.361 e. The van der Waals surface area contributed by atoms with E-state index in [9.17, 15) is 8.78 Å². The van der Waals surface area contributed by atoms with Crippen molar-refractivity contribution in [2.75, 3.05) is 19.6 Å². The highest BCUT2D eigenvalue weighted by Crippen LogP contribution is 2.26. The standard InChI is InChI=1S/C17H20F2N4/c18-15-5-13-14(10-23-17(13)6-16(15)19)12(7-20)9-22-8-11-1-3-21-4-2-11/h5-7,9-12,20-21,23H,1-4,8H2. The van der Waals surface area contributed by atoms with E-state index in [1.54, 1.807) is 12.4 Å². The van der Waals surface area contributed by atoms with Crippen molar-refractivity contribution in [1.82, 2.24) is 10.3 Å². The highest BCUT2D eigenvalue weighted by molar-refractivity contribution is 5.96. The van der Waals surface area contributed by atoms with Crippen LogP contribution in [0.2, 0.25) is 0 Å². The number of nitrogens with zero attached hydrogens (tertiary/aromatic N) is 1. The van der Waals surface area contributed by atoms with Crippen LogP contribution >= 0.6 is 0 Å². The van der Waals surface area contributed by atoms with Crippen LogP contribution in [0.1, 0.15) is 24.3 Å². The van der Waals surface area contributed by atoms with E-state index in [1.807, 2.05) is 0 Å². The highest BCUT2D eigenvalue weighted by atomic mass is 19.2. The minimum atomic E-state index is -0.881. The number of hydrogen-bond acceptors (Lipinski definition) is 3. The number of hydrogen-bond donors (Lipinski definition) is 3. The Morgan fingerprint density at radius 2 is 2.00 bits per heavy atom. The zero-order chi connectivity index (χ0) is 16.2. The first kappa shape index (κ1) is 15.8. The summed E-state index contributed by atoms with van der Waals surface area (Å²) in [4.78, 5) is 7.41. The van der Waals surface area contributed by atoms with Crippen molar-refractivity contribution in [1.29, 1.82) is 5.41 Å². The van der Waals surface area contributed by atoms with E-state index in [0.29, 0.717) is 16.8 Å². The van der Waals surface area contributed by atoms with Crippen molar-refractivity contribution in [3.63, 3.8) is 0 Å². The Labute approximate surface area is 133 Å². The van der Waals surface area contributed by atoms with Crippen molar-refractivity contribution in [3.05, 3.63) is 35.5 Å². The van der Waals surface area contributed by atoms with Gasteiger partial charge >= 0.3 is 0 Å². The van der Waals surface area contributed by atoms with Crippen LogP contribution in [0, 0.1) is 23.0 Å². The van der Waals surface area contributed by atoms with Gasteiger partial charge in [0.05, 0.1) is 5.92 Å². The average Bonchev–Trinajstić information content (AvgIpc) is 2.96. The summed E-state index contributed by atoms with van der Waals surface area (Å²) in [5.41, 5.74) is 1.26. The Morgan fingerprint density at radius 3 is 2.74 bits per heavy atom. The zero-order valence-electron chi connectivity index (χ0n) is 12.8. The van der Waals surface area contributed by atoms with Gasteiger partial charge in [-0.3, -0.25) is 4.99 Å². The highest BCUT2D eigenvalue weighted by Gasteiger charge is 2.15. The van der Waals surface area contributed by atoms with E-state index < -0.39 is 11.6 Å². The van der Waals surface area contributed by atoms with E-state index in [4.69, 9.17) is 5.41 Å². The lowest BCUT2D eigenvalue weighted by molar-refractivity contribution is 0.383. The topological polar surface area (TPSA) is 64.0 Å². The van der Waals surface area contributed by atoms with Gasteiger partial charge in [-0.1, -0.05) is 0 Å². The Morgan fingerprint density at radius 1 is 1.26 bits per heavy atom. The van der Waals surface area contributed by atoms with E-state index in [-0.39, 0.29) is 5.92 Å². The Kier molecular flexibility index (Phi) is 4.81. The summed E-state index contributed by atoms with van der Waals surface area (Å²) >= 11 is 0. The fourth-order valence-corrected chi connectivity index (χ4v) is 3.02. The molecule has 1 aromatic carbocycles. The molecule has 1 saturated heterocycles. The molecule has 122 valence electrons. The fraction of sp³-hybridized carbons (Fsp3) is 0.412. The van der Waals surface area contributed by atoms with Gasteiger partial charge in [0.1, 0.15) is 0 Å². The van der Waals surface area contributed by atoms with Gasteiger partial charge < -0.3 is 15.7 Å². The number of piperidine rings is 1. The molecule has 23 heavy (non-hydrogen) atoms. The molecule has 0 saturated carbocycles. The Balaban J connectivity index is 1.77. The molecule has 1 aliphatic rings. The number of H-pyrrole nitrogens is 1. The van der Waals surface area contributed by atoms with Gasteiger partial charge in [0.15, 0.2) is 11.6 Å². The summed E-state index contributed by atoms with van der Waals surface area (Å²) in [7, 11) is 0.